The van der Waals surface area contributed by atoms with Crippen molar-refractivity contribution in [2.45, 2.75) is 52.4 Å². The molecule has 1 heterocycles. The Morgan fingerprint density at radius 1 is 0.815 bits per heavy atom. The van der Waals surface area contributed by atoms with Crippen molar-refractivity contribution in [2.24, 2.45) is 0 Å². The molecular weight excluding hydrogens is 356 g/mol. The first kappa shape index (κ1) is 21.5. The number of aromatic nitrogens is 1. The number of rotatable bonds is 3. The monoisotopic (exact) mass is 386 g/mol. The molecule has 0 aliphatic heterocycles. The van der Waals surface area contributed by atoms with Crippen LogP contribution < -0.4 is 5.32 Å². The zero-order valence-electron chi connectivity index (χ0n) is 17.2. The fraction of sp³-hybridized carbons (Fsp3) is 0.435. The summed E-state index contributed by atoms with van der Waals surface area (Å²) in [6, 6.07) is 13.0. The Morgan fingerprint density at radius 3 is 1.63 bits per heavy atom. The normalized spacial score (nSPS) is 12.3. The van der Waals surface area contributed by atoms with E-state index in [2.05, 4.69) is 83.3 Å². The number of nitrogens with one attached hydrogen (secondary N) is 1. The van der Waals surface area contributed by atoms with Gasteiger partial charge in [0.1, 0.15) is 0 Å². The number of aliphatic hydroxyl groups excluding tert-OH is 1. The van der Waals surface area contributed by atoms with Crippen LogP contribution in [-0.4, -0.2) is 23.2 Å². The molecule has 0 atom stereocenters. The van der Waals surface area contributed by atoms with Gasteiger partial charge in [0.2, 0.25) is 0 Å². The highest BCUT2D eigenvalue weighted by atomic mass is 35.5. The molecule has 0 saturated carbocycles. The van der Waals surface area contributed by atoms with E-state index in [4.69, 9.17) is 4.98 Å². The highest BCUT2D eigenvalue weighted by Gasteiger charge is 2.19. The quantitative estimate of drug-likeness (QED) is 0.558. The average Bonchev–Trinajstić information content (AvgIpc) is 2.56. The number of fused-ring (bicyclic) bond motifs is 2. The van der Waals surface area contributed by atoms with Crippen molar-refractivity contribution in [3.05, 3.63) is 47.5 Å². The molecule has 2 N–H and O–H groups in total. The van der Waals surface area contributed by atoms with Crippen molar-refractivity contribution in [1.82, 2.24) is 4.98 Å². The van der Waals surface area contributed by atoms with Gasteiger partial charge in [-0.3, -0.25) is 0 Å². The van der Waals surface area contributed by atoms with E-state index in [1.807, 2.05) is 0 Å². The van der Waals surface area contributed by atoms with Crippen LogP contribution in [0.5, 0.6) is 0 Å². The van der Waals surface area contributed by atoms with Gasteiger partial charge in [0.05, 0.1) is 23.3 Å². The molecule has 0 radical (unpaired) electrons. The summed E-state index contributed by atoms with van der Waals surface area (Å²) in [6.45, 7) is 14.0. The molecule has 0 unspecified atom stereocenters. The molecule has 0 bridgehead atoms. The first-order valence-corrected chi connectivity index (χ1v) is 9.34. The lowest BCUT2D eigenvalue weighted by molar-refractivity contribution is 0.311. The fourth-order valence-corrected chi connectivity index (χ4v) is 3.25. The molecule has 0 fully saturated rings. The Hall–Kier alpha value is -1.84. The van der Waals surface area contributed by atoms with Gasteiger partial charge < -0.3 is 10.4 Å². The number of anilines is 1. The van der Waals surface area contributed by atoms with E-state index >= 15 is 0 Å². The summed E-state index contributed by atoms with van der Waals surface area (Å²) in [5.74, 6) is 0. The van der Waals surface area contributed by atoms with Gasteiger partial charge in [0.15, 0.2) is 0 Å². The minimum absolute atomic E-state index is 0. The van der Waals surface area contributed by atoms with Gasteiger partial charge in [0, 0.05) is 17.3 Å². The third-order valence-electron chi connectivity index (χ3n) is 4.92. The second kappa shape index (κ2) is 7.65. The summed E-state index contributed by atoms with van der Waals surface area (Å²) in [5.41, 5.74) is 5.74. The van der Waals surface area contributed by atoms with Gasteiger partial charge in [-0.15, -0.1) is 12.4 Å². The maximum atomic E-state index is 9.36. The van der Waals surface area contributed by atoms with Gasteiger partial charge in [0.25, 0.3) is 0 Å². The van der Waals surface area contributed by atoms with Crippen LogP contribution in [-0.2, 0) is 10.8 Å². The average molecular weight is 387 g/mol. The lowest BCUT2D eigenvalue weighted by atomic mass is 9.85. The summed E-state index contributed by atoms with van der Waals surface area (Å²) in [5, 5.41) is 15.0. The summed E-state index contributed by atoms with van der Waals surface area (Å²) in [7, 11) is 0. The Morgan fingerprint density at radius 2 is 1.26 bits per heavy atom. The minimum atomic E-state index is 0. The molecule has 3 aromatic rings. The molecule has 0 aliphatic carbocycles. The standard InChI is InChI=1S/C23H30N2O.ClH/c1-22(2,3)15-7-9-19-17(13-15)21(24-11-12-26)18-14-16(23(4,5)6)8-10-20(18)25-19;/h7-10,13-14,26H,11-12H2,1-6H3,(H,24,25);1H. The van der Waals surface area contributed by atoms with Gasteiger partial charge in [-0.1, -0.05) is 53.7 Å². The van der Waals surface area contributed by atoms with Crippen molar-refractivity contribution < 1.29 is 5.11 Å². The fourth-order valence-electron chi connectivity index (χ4n) is 3.25. The predicted octanol–water partition coefficient (Wildman–Crippen LogP) is 5.81. The van der Waals surface area contributed by atoms with E-state index in [9.17, 15) is 5.11 Å². The molecule has 4 heteroatoms. The van der Waals surface area contributed by atoms with Crippen molar-refractivity contribution >= 4 is 39.9 Å². The van der Waals surface area contributed by atoms with Crippen molar-refractivity contribution in [2.75, 3.05) is 18.5 Å². The van der Waals surface area contributed by atoms with Crippen molar-refractivity contribution in [3.8, 4) is 0 Å². The lowest BCUT2D eigenvalue weighted by Gasteiger charge is -2.22. The highest BCUT2D eigenvalue weighted by molar-refractivity contribution is 6.07. The smallest absolute Gasteiger partial charge is 0.0730 e. The van der Waals surface area contributed by atoms with Crippen LogP contribution >= 0.6 is 12.4 Å². The van der Waals surface area contributed by atoms with Crippen LogP contribution in [0.25, 0.3) is 21.8 Å². The van der Waals surface area contributed by atoms with E-state index in [1.54, 1.807) is 0 Å². The van der Waals surface area contributed by atoms with Gasteiger partial charge in [-0.05, 0) is 46.2 Å². The zero-order valence-corrected chi connectivity index (χ0v) is 18.0. The maximum Gasteiger partial charge on any atom is 0.0730 e. The molecule has 3 rings (SSSR count). The molecule has 146 valence electrons. The van der Waals surface area contributed by atoms with E-state index in [1.165, 1.54) is 11.1 Å². The molecule has 2 aromatic carbocycles. The van der Waals surface area contributed by atoms with E-state index in [0.29, 0.717) is 6.54 Å². The SMILES string of the molecule is CC(C)(C)c1ccc2nc3ccc(C(C)(C)C)cc3c(NCCO)c2c1.Cl. The van der Waals surface area contributed by atoms with E-state index in [0.717, 1.165) is 27.5 Å². The van der Waals surface area contributed by atoms with E-state index in [-0.39, 0.29) is 29.8 Å². The second-order valence-corrected chi connectivity index (χ2v) is 9.10. The Balaban J connectivity index is 0.00000261. The number of hydrogen-bond acceptors (Lipinski definition) is 3. The second-order valence-electron chi connectivity index (χ2n) is 9.10. The topological polar surface area (TPSA) is 45.2 Å². The summed E-state index contributed by atoms with van der Waals surface area (Å²) >= 11 is 0. The van der Waals surface area contributed by atoms with Crippen molar-refractivity contribution in [1.29, 1.82) is 0 Å². The molecule has 0 aliphatic rings. The van der Waals surface area contributed by atoms with Crippen LogP contribution in [0.4, 0.5) is 5.69 Å². The maximum absolute atomic E-state index is 9.36. The molecule has 1 aromatic heterocycles. The largest absolute Gasteiger partial charge is 0.395 e. The number of nitrogens with zero attached hydrogens (tertiary/aromatic N) is 1. The summed E-state index contributed by atoms with van der Waals surface area (Å²) in [6.07, 6.45) is 0. The molecule has 3 nitrogen and oxygen atoms in total. The van der Waals surface area contributed by atoms with Crippen LogP contribution in [0, 0.1) is 0 Å². The number of benzene rings is 2. The molecule has 0 spiro atoms. The summed E-state index contributed by atoms with van der Waals surface area (Å²) in [4.78, 5) is 4.89. The van der Waals surface area contributed by atoms with Crippen LogP contribution in [0.3, 0.4) is 0 Å². The number of halogens is 1. The van der Waals surface area contributed by atoms with Crippen LogP contribution in [0.15, 0.2) is 36.4 Å². The lowest BCUT2D eigenvalue weighted by Crippen LogP contribution is -2.13. The Kier molecular flexibility index (Phi) is 6.08. The first-order valence-electron chi connectivity index (χ1n) is 9.34. The third-order valence-corrected chi connectivity index (χ3v) is 4.92. The molecular formula is C23H31ClN2O. The summed E-state index contributed by atoms with van der Waals surface area (Å²) < 4.78 is 0. The van der Waals surface area contributed by atoms with Gasteiger partial charge in [-0.25, -0.2) is 4.98 Å². The minimum Gasteiger partial charge on any atom is -0.395 e. The molecule has 27 heavy (non-hydrogen) atoms. The number of pyridine rings is 1. The van der Waals surface area contributed by atoms with Gasteiger partial charge >= 0.3 is 0 Å². The predicted molar refractivity (Wildman–Crippen MR) is 119 cm³/mol. The highest BCUT2D eigenvalue weighted by Crippen LogP contribution is 2.36. The first-order chi connectivity index (χ1) is 12.1. The zero-order chi connectivity index (χ0) is 19.1. The Bertz CT molecular complexity index is 880. The number of hydrogen-bond donors (Lipinski definition) is 2. The van der Waals surface area contributed by atoms with Crippen LogP contribution in [0.2, 0.25) is 0 Å². The Labute approximate surface area is 168 Å². The number of aliphatic hydroxyl groups is 1. The van der Waals surface area contributed by atoms with Crippen LogP contribution in [0.1, 0.15) is 52.7 Å². The molecule has 0 amide bonds. The van der Waals surface area contributed by atoms with E-state index < -0.39 is 0 Å². The third kappa shape index (κ3) is 4.36. The van der Waals surface area contributed by atoms with Gasteiger partial charge in [-0.2, -0.15) is 0 Å². The molecule has 0 saturated heterocycles. The van der Waals surface area contributed by atoms with Crippen molar-refractivity contribution in [3.63, 3.8) is 0 Å².